The Morgan fingerprint density at radius 3 is 2.40 bits per heavy atom. The monoisotopic (exact) mass is 343 g/mol. The molecule has 0 spiro atoms. The number of hydrogen-bond acceptors (Lipinski definition) is 3. The minimum Gasteiger partial charge on any atom is -0.349 e. The smallest absolute Gasteiger partial charge is 0.253 e. The van der Waals surface area contributed by atoms with Crippen molar-refractivity contribution in [1.82, 2.24) is 10.2 Å². The standard InChI is InChI=1S/C20H29N3O2/c1-23-13-11-15(12-14-23)19(24)22-18-10-6-5-9-17(18)20(25)21-16-7-3-2-4-8-16/h5-6,9-10,15-16H,2-4,7-8,11-14H2,1H3,(H,21,25)(H,22,24). The lowest BCUT2D eigenvalue weighted by molar-refractivity contribution is -0.121. The second-order valence-corrected chi connectivity index (χ2v) is 7.42. The molecule has 25 heavy (non-hydrogen) atoms. The number of para-hydroxylation sites is 1. The number of anilines is 1. The van der Waals surface area contributed by atoms with E-state index in [1.807, 2.05) is 18.2 Å². The SMILES string of the molecule is CN1CCC(C(=O)Nc2ccccc2C(=O)NC2CCCCC2)CC1. The highest BCUT2D eigenvalue weighted by molar-refractivity contribution is 6.04. The quantitative estimate of drug-likeness (QED) is 0.883. The number of likely N-dealkylation sites (tertiary alicyclic amines) is 1. The summed E-state index contributed by atoms with van der Waals surface area (Å²) in [7, 11) is 2.08. The van der Waals surface area contributed by atoms with Gasteiger partial charge in [-0.2, -0.15) is 0 Å². The van der Waals surface area contributed by atoms with Crippen molar-refractivity contribution >= 4 is 17.5 Å². The zero-order chi connectivity index (χ0) is 17.6. The second-order valence-electron chi connectivity index (χ2n) is 7.42. The van der Waals surface area contributed by atoms with Gasteiger partial charge >= 0.3 is 0 Å². The number of amides is 2. The third-order valence-corrected chi connectivity index (χ3v) is 5.46. The van der Waals surface area contributed by atoms with E-state index in [9.17, 15) is 9.59 Å². The zero-order valence-corrected chi connectivity index (χ0v) is 15.1. The Morgan fingerprint density at radius 1 is 1.00 bits per heavy atom. The number of nitrogens with zero attached hydrogens (tertiary/aromatic N) is 1. The number of carbonyl (C=O) groups is 2. The summed E-state index contributed by atoms with van der Waals surface area (Å²) in [5.74, 6) is -0.0112. The molecule has 0 aromatic heterocycles. The van der Waals surface area contributed by atoms with Crippen LogP contribution in [0, 0.1) is 5.92 Å². The summed E-state index contributed by atoms with van der Waals surface area (Å²) in [6.45, 7) is 1.89. The normalized spacial score (nSPS) is 20.2. The van der Waals surface area contributed by atoms with E-state index >= 15 is 0 Å². The minimum atomic E-state index is -0.0776. The van der Waals surface area contributed by atoms with Crippen LogP contribution in [0.4, 0.5) is 5.69 Å². The van der Waals surface area contributed by atoms with E-state index in [4.69, 9.17) is 0 Å². The Morgan fingerprint density at radius 2 is 1.68 bits per heavy atom. The molecule has 0 atom stereocenters. The summed E-state index contributed by atoms with van der Waals surface area (Å²) in [6, 6.07) is 7.59. The van der Waals surface area contributed by atoms with Crippen LogP contribution >= 0.6 is 0 Å². The van der Waals surface area contributed by atoms with E-state index in [2.05, 4.69) is 22.6 Å². The van der Waals surface area contributed by atoms with Gasteiger partial charge in [0.2, 0.25) is 5.91 Å². The highest BCUT2D eigenvalue weighted by Crippen LogP contribution is 2.22. The van der Waals surface area contributed by atoms with Gasteiger partial charge < -0.3 is 15.5 Å². The molecular weight excluding hydrogens is 314 g/mol. The molecule has 2 aliphatic rings. The van der Waals surface area contributed by atoms with Crippen LogP contribution in [0.3, 0.4) is 0 Å². The predicted molar refractivity (Wildman–Crippen MR) is 99.6 cm³/mol. The largest absolute Gasteiger partial charge is 0.349 e. The van der Waals surface area contributed by atoms with Gasteiger partial charge in [-0.25, -0.2) is 0 Å². The van der Waals surface area contributed by atoms with E-state index < -0.39 is 0 Å². The van der Waals surface area contributed by atoms with Gasteiger partial charge in [0.15, 0.2) is 0 Å². The molecule has 0 radical (unpaired) electrons. The van der Waals surface area contributed by atoms with E-state index in [1.165, 1.54) is 19.3 Å². The number of hydrogen-bond donors (Lipinski definition) is 2. The van der Waals surface area contributed by atoms with E-state index in [0.717, 1.165) is 38.8 Å². The average molecular weight is 343 g/mol. The average Bonchev–Trinajstić information content (AvgIpc) is 2.63. The van der Waals surface area contributed by atoms with Crippen molar-refractivity contribution in [1.29, 1.82) is 0 Å². The summed E-state index contributed by atoms with van der Waals surface area (Å²) in [5, 5.41) is 6.13. The van der Waals surface area contributed by atoms with Gasteiger partial charge in [0.05, 0.1) is 11.3 Å². The predicted octanol–water partition coefficient (Wildman–Crippen LogP) is 3.03. The lowest BCUT2D eigenvalue weighted by Gasteiger charge is -2.28. The molecule has 1 aliphatic heterocycles. The second kappa shape index (κ2) is 8.48. The third-order valence-electron chi connectivity index (χ3n) is 5.46. The molecule has 1 aromatic rings. The molecule has 5 nitrogen and oxygen atoms in total. The number of rotatable bonds is 4. The van der Waals surface area contributed by atoms with Crippen molar-refractivity contribution in [3.8, 4) is 0 Å². The van der Waals surface area contributed by atoms with Gasteiger partial charge in [0.1, 0.15) is 0 Å². The summed E-state index contributed by atoms with van der Waals surface area (Å²) in [4.78, 5) is 27.5. The van der Waals surface area contributed by atoms with Crippen LogP contribution in [0.25, 0.3) is 0 Å². The number of nitrogens with one attached hydrogen (secondary N) is 2. The van der Waals surface area contributed by atoms with Crippen molar-refractivity contribution in [2.24, 2.45) is 5.92 Å². The van der Waals surface area contributed by atoms with Crippen LogP contribution < -0.4 is 10.6 Å². The fourth-order valence-electron chi connectivity index (χ4n) is 3.81. The van der Waals surface area contributed by atoms with Crippen molar-refractivity contribution in [2.45, 2.75) is 51.0 Å². The fourth-order valence-corrected chi connectivity index (χ4v) is 3.81. The maximum atomic E-state index is 12.7. The molecular formula is C20H29N3O2. The molecule has 1 aromatic carbocycles. The summed E-state index contributed by atoms with van der Waals surface area (Å²) in [6.07, 6.45) is 7.47. The Balaban J connectivity index is 1.63. The molecule has 136 valence electrons. The van der Waals surface area contributed by atoms with E-state index in [0.29, 0.717) is 11.3 Å². The van der Waals surface area contributed by atoms with Crippen molar-refractivity contribution in [3.63, 3.8) is 0 Å². The van der Waals surface area contributed by atoms with Gasteiger partial charge in [-0.15, -0.1) is 0 Å². The Hall–Kier alpha value is -1.88. The molecule has 1 saturated carbocycles. The highest BCUT2D eigenvalue weighted by atomic mass is 16.2. The van der Waals surface area contributed by atoms with Crippen molar-refractivity contribution < 1.29 is 9.59 Å². The number of carbonyl (C=O) groups excluding carboxylic acids is 2. The van der Waals surface area contributed by atoms with Crippen molar-refractivity contribution in [3.05, 3.63) is 29.8 Å². The van der Waals surface area contributed by atoms with Gasteiger partial charge in [0, 0.05) is 12.0 Å². The Kier molecular flexibility index (Phi) is 6.08. The van der Waals surface area contributed by atoms with Gasteiger partial charge in [-0.05, 0) is 58.0 Å². The maximum absolute atomic E-state index is 12.7. The minimum absolute atomic E-state index is 0.0330. The van der Waals surface area contributed by atoms with Gasteiger partial charge in [-0.1, -0.05) is 31.4 Å². The Labute approximate surface area is 150 Å². The highest BCUT2D eigenvalue weighted by Gasteiger charge is 2.25. The van der Waals surface area contributed by atoms with Crippen LogP contribution in [0.2, 0.25) is 0 Å². The summed E-state index contributed by atoms with van der Waals surface area (Å²) in [5.41, 5.74) is 1.19. The topological polar surface area (TPSA) is 61.4 Å². The van der Waals surface area contributed by atoms with Crippen LogP contribution in [0.5, 0.6) is 0 Å². The first-order valence-electron chi connectivity index (χ1n) is 9.53. The fraction of sp³-hybridized carbons (Fsp3) is 0.600. The maximum Gasteiger partial charge on any atom is 0.253 e. The van der Waals surface area contributed by atoms with Crippen LogP contribution in [0.15, 0.2) is 24.3 Å². The van der Waals surface area contributed by atoms with E-state index in [-0.39, 0.29) is 23.8 Å². The first-order valence-corrected chi connectivity index (χ1v) is 9.53. The molecule has 1 saturated heterocycles. The first kappa shape index (κ1) is 17.9. The molecule has 0 unspecified atom stereocenters. The molecule has 0 bridgehead atoms. The molecule has 5 heteroatoms. The molecule has 2 N–H and O–H groups in total. The zero-order valence-electron chi connectivity index (χ0n) is 15.1. The summed E-state index contributed by atoms with van der Waals surface area (Å²) >= 11 is 0. The molecule has 1 heterocycles. The number of benzene rings is 1. The molecule has 2 amide bonds. The third kappa shape index (κ3) is 4.82. The first-order chi connectivity index (χ1) is 12.1. The van der Waals surface area contributed by atoms with Crippen LogP contribution in [0.1, 0.15) is 55.3 Å². The van der Waals surface area contributed by atoms with Crippen LogP contribution in [-0.2, 0) is 4.79 Å². The number of piperidine rings is 1. The van der Waals surface area contributed by atoms with Gasteiger partial charge in [0.25, 0.3) is 5.91 Å². The molecule has 1 aliphatic carbocycles. The lowest BCUT2D eigenvalue weighted by Crippen LogP contribution is -2.38. The molecule has 3 rings (SSSR count). The van der Waals surface area contributed by atoms with Gasteiger partial charge in [-0.3, -0.25) is 9.59 Å². The van der Waals surface area contributed by atoms with Crippen LogP contribution in [-0.4, -0.2) is 42.9 Å². The van der Waals surface area contributed by atoms with Crippen molar-refractivity contribution in [2.75, 3.05) is 25.5 Å². The van der Waals surface area contributed by atoms with E-state index in [1.54, 1.807) is 6.07 Å². The Bertz CT molecular complexity index is 603. The lowest BCUT2D eigenvalue weighted by atomic mass is 9.95. The summed E-state index contributed by atoms with van der Waals surface area (Å²) < 4.78 is 0. The molecule has 2 fully saturated rings.